The summed E-state index contributed by atoms with van der Waals surface area (Å²) < 4.78 is 5.54. The van der Waals surface area contributed by atoms with Crippen LogP contribution in [0.25, 0.3) is 11.0 Å². The van der Waals surface area contributed by atoms with Crippen molar-refractivity contribution < 1.29 is 9.21 Å². The average molecular weight is 233 g/mol. The van der Waals surface area contributed by atoms with Crippen molar-refractivity contribution in [1.82, 2.24) is 4.90 Å². The predicted molar refractivity (Wildman–Crippen MR) is 64.6 cm³/mol. The number of carbonyl (C=O) groups excluding carboxylic acids is 1. The zero-order valence-electron chi connectivity index (χ0n) is 8.68. The lowest BCUT2D eigenvalue weighted by Crippen LogP contribution is -2.27. The molecule has 16 heavy (non-hydrogen) atoms. The Labute approximate surface area is 97.4 Å². The highest BCUT2D eigenvalue weighted by atomic mass is 32.2. The molecule has 3 nitrogen and oxygen atoms in total. The lowest BCUT2D eigenvalue weighted by Gasteiger charge is -2.11. The van der Waals surface area contributed by atoms with Gasteiger partial charge in [-0.3, -0.25) is 4.79 Å². The number of fused-ring (bicyclic) bond motifs is 1. The lowest BCUT2D eigenvalue weighted by atomic mass is 10.2. The van der Waals surface area contributed by atoms with Gasteiger partial charge in [-0.25, -0.2) is 0 Å². The lowest BCUT2D eigenvalue weighted by molar-refractivity contribution is 0.0774. The van der Waals surface area contributed by atoms with Crippen molar-refractivity contribution in [1.29, 1.82) is 0 Å². The molecule has 1 aromatic carbocycles. The molecule has 1 aliphatic heterocycles. The quantitative estimate of drug-likeness (QED) is 0.759. The first-order valence-corrected chi connectivity index (χ1v) is 6.36. The van der Waals surface area contributed by atoms with Crippen LogP contribution in [0.15, 0.2) is 34.7 Å². The summed E-state index contributed by atoms with van der Waals surface area (Å²) in [7, 11) is 0. The first-order chi connectivity index (χ1) is 7.84. The first kappa shape index (κ1) is 9.78. The number of hydrogen-bond donors (Lipinski definition) is 0. The summed E-state index contributed by atoms with van der Waals surface area (Å²) in [5.41, 5.74) is 0.776. The Hall–Kier alpha value is -1.42. The minimum atomic E-state index is 0.00111. The van der Waals surface area contributed by atoms with Gasteiger partial charge in [0.15, 0.2) is 5.76 Å². The van der Waals surface area contributed by atoms with Crippen LogP contribution in [0, 0.1) is 0 Å². The monoisotopic (exact) mass is 233 g/mol. The third-order valence-electron chi connectivity index (χ3n) is 2.68. The summed E-state index contributed by atoms with van der Waals surface area (Å²) >= 11 is 1.78. The second-order valence-electron chi connectivity index (χ2n) is 3.75. The van der Waals surface area contributed by atoms with Crippen molar-refractivity contribution in [3.63, 3.8) is 0 Å². The van der Waals surface area contributed by atoms with Crippen LogP contribution in [0.4, 0.5) is 0 Å². The third kappa shape index (κ3) is 1.59. The third-order valence-corrected chi connectivity index (χ3v) is 3.64. The van der Waals surface area contributed by atoms with Crippen LogP contribution in [0.2, 0.25) is 0 Å². The Bertz CT molecular complexity index is 496. The number of thioether (sulfide) groups is 1. The highest BCUT2D eigenvalue weighted by Crippen LogP contribution is 2.22. The first-order valence-electron chi connectivity index (χ1n) is 5.20. The molecule has 2 aromatic rings. The molecule has 1 amide bonds. The van der Waals surface area contributed by atoms with Crippen molar-refractivity contribution in [2.24, 2.45) is 0 Å². The van der Waals surface area contributed by atoms with Crippen LogP contribution in [-0.4, -0.2) is 29.0 Å². The van der Waals surface area contributed by atoms with E-state index >= 15 is 0 Å². The Morgan fingerprint density at radius 3 is 3.00 bits per heavy atom. The number of para-hydroxylation sites is 1. The van der Waals surface area contributed by atoms with Gasteiger partial charge in [-0.2, -0.15) is 0 Å². The predicted octanol–water partition coefficient (Wildman–Crippen LogP) is 2.58. The van der Waals surface area contributed by atoms with E-state index < -0.39 is 0 Å². The Morgan fingerprint density at radius 2 is 2.25 bits per heavy atom. The van der Waals surface area contributed by atoms with Crippen molar-refractivity contribution >= 4 is 28.6 Å². The van der Waals surface area contributed by atoms with Gasteiger partial charge in [0.1, 0.15) is 5.58 Å². The van der Waals surface area contributed by atoms with Crippen molar-refractivity contribution in [3.8, 4) is 0 Å². The van der Waals surface area contributed by atoms with E-state index in [1.807, 2.05) is 35.2 Å². The second kappa shape index (κ2) is 3.87. The summed E-state index contributed by atoms with van der Waals surface area (Å²) in [6.07, 6.45) is 0. The molecule has 82 valence electrons. The van der Waals surface area contributed by atoms with E-state index in [1.165, 1.54) is 0 Å². The molecule has 3 rings (SSSR count). The van der Waals surface area contributed by atoms with Crippen LogP contribution in [0.1, 0.15) is 10.6 Å². The highest BCUT2D eigenvalue weighted by molar-refractivity contribution is 7.99. The van der Waals surface area contributed by atoms with E-state index in [0.717, 1.165) is 29.1 Å². The van der Waals surface area contributed by atoms with Gasteiger partial charge in [0.05, 0.1) is 5.88 Å². The van der Waals surface area contributed by atoms with Crippen LogP contribution >= 0.6 is 11.8 Å². The number of furan rings is 1. The highest BCUT2D eigenvalue weighted by Gasteiger charge is 2.22. The second-order valence-corrected chi connectivity index (χ2v) is 4.83. The molecular weight excluding hydrogens is 222 g/mol. The standard InChI is InChI=1S/C12H11NO2S/c14-12(13-5-6-16-8-13)11-7-9-3-1-2-4-10(9)15-11/h1-4,7H,5-6,8H2. The van der Waals surface area contributed by atoms with E-state index in [0.29, 0.717) is 5.76 Å². The van der Waals surface area contributed by atoms with Crippen LogP contribution in [0.3, 0.4) is 0 Å². The topological polar surface area (TPSA) is 33.5 Å². The zero-order chi connectivity index (χ0) is 11.0. The number of amides is 1. The molecule has 0 saturated carbocycles. The number of carbonyl (C=O) groups is 1. The van der Waals surface area contributed by atoms with Gasteiger partial charge in [0, 0.05) is 17.7 Å². The van der Waals surface area contributed by atoms with Crippen LogP contribution in [0.5, 0.6) is 0 Å². The molecule has 0 aliphatic carbocycles. The number of nitrogens with zero attached hydrogens (tertiary/aromatic N) is 1. The molecule has 0 unspecified atom stereocenters. The normalized spacial score (nSPS) is 15.9. The van der Waals surface area contributed by atoms with Gasteiger partial charge in [0.25, 0.3) is 5.91 Å². The van der Waals surface area contributed by atoms with Gasteiger partial charge in [-0.15, -0.1) is 11.8 Å². The molecule has 1 aliphatic rings. The van der Waals surface area contributed by atoms with Gasteiger partial charge in [0.2, 0.25) is 0 Å². The Balaban J connectivity index is 1.96. The van der Waals surface area contributed by atoms with Crippen LogP contribution in [-0.2, 0) is 0 Å². The van der Waals surface area contributed by atoms with E-state index in [2.05, 4.69) is 0 Å². The van der Waals surface area contributed by atoms with Gasteiger partial charge in [-0.1, -0.05) is 18.2 Å². The molecule has 0 radical (unpaired) electrons. The van der Waals surface area contributed by atoms with Crippen molar-refractivity contribution in [2.45, 2.75) is 0 Å². The molecule has 2 heterocycles. The maximum Gasteiger partial charge on any atom is 0.290 e. The summed E-state index contributed by atoms with van der Waals surface area (Å²) in [5.74, 6) is 2.24. The fraction of sp³-hybridized carbons (Fsp3) is 0.250. The molecular formula is C12H11NO2S. The summed E-state index contributed by atoms with van der Waals surface area (Å²) in [5, 5.41) is 0.984. The minimum Gasteiger partial charge on any atom is -0.451 e. The maximum absolute atomic E-state index is 12.0. The largest absolute Gasteiger partial charge is 0.451 e. The summed E-state index contributed by atoms with van der Waals surface area (Å²) in [6, 6.07) is 9.50. The molecule has 1 saturated heterocycles. The SMILES string of the molecule is O=C(c1cc2ccccc2o1)N1CCSC1. The van der Waals surface area contributed by atoms with Gasteiger partial charge in [-0.05, 0) is 12.1 Å². The summed E-state index contributed by atoms with van der Waals surface area (Å²) in [4.78, 5) is 13.9. The smallest absolute Gasteiger partial charge is 0.290 e. The minimum absolute atomic E-state index is 0.00111. The van der Waals surface area contributed by atoms with E-state index in [1.54, 1.807) is 11.8 Å². The number of hydrogen-bond acceptors (Lipinski definition) is 3. The fourth-order valence-electron chi connectivity index (χ4n) is 1.82. The Kier molecular flexibility index (Phi) is 2.36. The molecule has 0 atom stereocenters. The Morgan fingerprint density at radius 1 is 1.38 bits per heavy atom. The average Bonchev–Trinajstić information content (AvgIpc) is 2.97. The van der Waals surface area contributed by atoms with E-state index in [4.69, 9.17) is 4.42 Å². The number of benzene rings is 1. The van der Waals surface area contributed by atoms with Crippen molar-refractivity contribution in [3.05, 3.63) is 36.1 Å². The molecule has 1 fully saturated rings. The van der Waals surface area contributed by atoms with Crippen molar-refractivity contribution in [2.75, 3.05) is 18.2 Å². The molecule has 0 bridgehead atoms. The molecule has 1 aromatic heterocycles. The fourth-order valence-corrected chi connectivity index (χ4v) is 2.76. The molecule has 4 heteroatoms. The zero-order valence-corrected chi connectivity index (χ0v) is 9.50. The van der Waals surface area contributed by atoms with Crippen LogP contribution < -0.4 is 0 Å². The molecule has 0 N–H and O–H groups in total. The molecule has 0 spiro atoms. The van der Waals surface area contributed by atoms with E-state index in [9.17, 15) is 4.79 Å². The van der Waals surface area contributed by atoms with Gasteiger partial charge < -0.3 is 9.32 Å². The number of rotatable bonds is 1. The van der Waals surface area contributed by atoms with E-state index in [-0.39, 0.29) is 5.91 Å². The summed E-state index contributed by atoms with van der Waals surface area (Å²) in [6.45, 7) is 0.820. The maximum atomic E-state index is 12.0. The van der Waals surface area contributed by atoms with Gasteiger partial charge >= 0.3 is 0 Å².